The number of aliphatic carboxylic acids is 1. The quantitative estimate of drug-likeness (QED) is 0.392. The molecule has 2 N–H and O–H groups in total. The summed E-state index contributed by atoms with van der Waals surface area (Å²) in [5.41, 5.74) is 0. The van der Waals surface area contributed by atoms with E-state index >= 15 is 0 Å². The van der Waals surface area contributed by atoms with Gasteiger partial charge in [0.15, 0.2) is 0 Å². The Morgan fingerprint density at radius 1 is 1.00 bits per heavy atom. The molecule has 0 aromatic carbocycles. The van der Waals surface area contributed by atoms with Gasteiger partial charge < -0.3 is 11.8 Å². The number of nitrogens with one attached hydrogen (secondary N) is 1. The molecule has 0 fully saturated rings. The summed E-state index contributed by atoms with van der Waals surface area (Å²) >= 11 is 0. The van der Waals surface area contributed by atoms with Crippen molar-refractivity contribution >= 4 is 5.97 Å². The zero-order valence-corrected chi connectivity index (χ0v) is 15.2. The number of hydrogen-bond acceptors (Lipinski definition) is 2. The largest absolute Gasteiger partial charge is 1.00 e. The summed E-state index contributed by atoms with van der Waals surface area (Å²) in [6.45, 7) is 4.77. The van der Waals surface area contributed by atoms with E-state index in [9.17, 15) is 4.79 Å². The molecule has 1 atom stereocenters. The molecule has 110 valence electrons. The normalized spacial score (nSPS) is 11.9. The topological polar surface area (TPSA) is 49.3 Å². The first-order chi connectivity index (χ1) is 8.68. The molecule has 0 saturated carbocycles. The summed E-state index contributed by atoms with van der Waals surface area (Å²) in [5.74, 6) is -0.762. The van der Waals surface area contributed by atoms with Crippen LogP contribution in [0.2, 0.25) is 0 Å². The molecule has 0 aliphatic rings. The number of hydrogen-bond donors (Lipinski definition) is 2. The van der Waals surface area contributed by atoms with Gasteiger partial charge in [-0.1, -0.05) is 64.7 Å². The maximum absolute atomic E-state index is 10.5. The first kappa shape index (κ1) is 21.7. The zero-order chi connectivity index (χ0) is 13.6. The fourth-order valence-corrected chi connectivity index (χ4v) is 2.02. The van der Waals surface area contributed by atoms with Crippen LogP contribution in [-0.2, 0) is 4.79 Å². The van der Waals surface area contributed by atoms with Crippen molar-refractivity contribution in [2.45, 2.75) is 84.1 Å². The molecule has 0 bridgehead atoms. The molecular weight excluding hydrogens is 249 g/mol. The Labute approximate surface area is 142 Å². The van der Waals surface area contributed by atoms with Gasteiger partial charge >= 0.3 is 35.5 Å². The Morgan fingerprint density at radius 3 is 1.84 bits per heavy atom. The van der Waals surface area contributed by atoms with E-state index in [-0.39, 0.29) is 31.0 Å². The van der Waals surface area contributed by atoms with Gasteiger partial charge in [0, 0.05) is 0 Å². The Bertz CT molecular complexity index is 206. The molecule has 3 nitrogen and oxygen atoms in total. The average Bonchev–Trinajstić information content (AvgIpc) is 2.35. The van der Waals surface area contributed by atoms with Crippen molar-refractivity contribution < 1.29 is 40.9 Å². The Kier molecular flexibility index (Phi) is 18.8. The summed E-state index contributed by atoms with van der Waals surface area (Å²) in [6.07, 6.45) is 13.2. The Morgan fingerprint density at radius 2 is 1.42 bits per heavy atom. The molecule has 0 heterocycles. The molecule has 0 unspecified atom stereocenters. The maximum Gasteiger partial charge on any atom is 1.00 e. The van der Waals surface area contributed by atoms with Gasteiger partial charge in [-0.05, 0) is 19.9 Å². The van der Waals surface area contributed by atoms with Crippen molar-refractivity contribution in [3.8, 4) is 0 Å². The van der Waals surface area contributed by atoms with E-state index in [1.807, 2.05) is 0 Å². The van der Waals surface area contributed by atoms with Gasteiger partial charge in [-0.2, -0.15) is 0 Å². The smallest absolute Gasteiger partial charge is 1.00 e. The van der Waals surface area contributed by atoms with E-state index in [1.165, 1.54) is 57.8 Å². The van der Waals surface area contributed by atoms with E-state index < -0.39 is 12.0 Å². The maximum atomic E-state index is 10.5. The predicted molar refractivity (Wildman–Crippen MR) is 78.1 cm³/mol. The number of carboxylic acid groups (broad SMARTS) is 1. The van der Waals surface area contributed by atoms with Crippen LogP contribution in [-0.4, -0.2) is 23.7 Å². The molecule has 0 aliphatic carbocycles. The van der Waals surface area contributed by atoms with Crippen LogP contribution < -0.4 is 34.9 Å². The van der Waals surface area contributed by atoms with Gasteiger partial charge in [-0.3, -0.25) is 4.79 Å². The third-order valence-corrected chi connectivity index (χ3v) is 3.35. The summed E-state index contributed by atoms with van der Waals surface area (Å²) in [7, 11) is 0. The van der Waals surface area contributed by atoms with Gasteiger partial charge in [0.2, 0.25) is 0 Å². The zero-order valence-electron chi connectivity index (χ0n) is 14.2. The van der Waals surface area contributed by atoms with E-state index in [2.05, 4.69) is 12.2 Å². The van der Waals surface area contributed by atoms with Crippen LogP contribution in [0.1, 0.15) is 79.5 Å². The first-order valence-electron chi connectivity index (χ1n) is 7.64. The summed E-state index contributed by atoms with van der Waals surface area (Å²) < 4.78 is 0. The second-order valence-corrected chi connectivity index (χ2v) is 5.20. The second kappa shape index (κ2) is 16.5. The Balaban J connectivity index is -0.00000144. The number of rotatable bonds is 13. The molecule has 0 aromatic rings. The van der Waals surface area contributed by atoms with Crippen molar-refractivity contribution in [1.29, 1.82) is 0 Å². The molecule has 0 amide bonds. The standard InChI is InChI=1S/C15H31NO2.Na.H/c1-3-4-5-6-7-8-9-10-11-12-13-16-14(2)15(17)18;;/h14,16H,3-13H2,1-2H3,(H,17,18);;/q;+1;-1/t14-;;/m1../s1. The van der Waals surface area contributed by atoms with Crippen LogP contribution in [0.3, 0.4) is 0 Å². The summed E-state index contributed by atoms with van der Waals surface area (Å²) in [4.78, 5) is 10.5. The minimum absolute atomic E-state index is 0. The van der Waals surface area contributed by atoms with Crippen LogP contribution in [0.25, 0.3) is 0 Å². The van der Waals surface area contributed by atoms with Crippen LogP contribution in [0.5, 0.6) is 0 Å². The van der Waals surface area contributed by atoms with Gasteiger partial charge in [-0.15, -0.1) is 0 Å². The van der Waals surface area contributed by atoms with Gasteiger partial charge in [-0.25, -0.2) is 0 Å². The van der Waals surface area contributed by atoms with Crippen molar-refractivity contribution in [2.75, 3.05) is 6.54 Å². The Hall–Kier alpha value is 0.430. The van der Waals surface area contributed by atoms with E-state index in [1.54, 1.807) is 6.92 Å². The van der Waals surface area contributed by atoms with Gasteiger partial charge in [0.25, 0.3) is 0 Å². The predicted octanol–water partition coefficient (Wildman–Crippen LogP) is 1.09. The first-order valence-corrected chi connectivity index (χ1v) is 7.64. The van der Waals surface area contributed by atoms with Crippen LogP contribution in [0, 0.1) is 0 Å². The second-order valence-electron chi connectivity index (χ2n) is 5.20. The van der Waals surface area contributed by atoms with Crippen molar-refractivity contribution in [3.05, 3.63) is 0 Å². The van der Waals surface area contributed by atoms with E-state index in [0.29, 0.717) is 0 Å². The third-order valence-electron chi connectivity index (χ3n) is 3.35. The molecule has 4 heteroatoms. The minimum atomic E-state index is -0.762. The molecule has 0 aliphatic heterocycles. The fourth-order valence-electron chi connectivity index (χ4n) is 2.02. The number of carboxylic acids is 1. The summed E-state index contributed by atoms with van der Waals surface area (Å²) in [5, 5.41) is 11.7. The van der Waals surface area contributed by atoms with Crippen LogP contribution in [0.15, 0.2) is 0 Å². The van der Waals surface area contributed by atoms with Crippen LogP contribution >= 0.6 is 0 Å². The van der Waals surface area contributed by atoms with Crippen molar-refractivity contribution in [1.82, 2.24) is 5.32 Å². The van der Waals surface area contributed by atoms with Gasteiger partial charge in [0.1, 0.15) is 6.04 Å². The third kappa shape index (κ3) is 16.4. The van der Waals surface area contributed by atoms with Crippen molar-refractivity contribution in [2.24, 2.45) is 0 Å². The van der Waals surface area contributed by atoms with E-state index in [0.717, 1.165) is 13.0 Å². The van der Waals surface area contributed by atoms with Gasteiger partial charge in [0.05, 0.1) is 0 Å². The SMILES string of the molecule is CCCCCCCCCCCCN[C@H](C)C(=O)O.[H-].[Na+]. The number of carbonyl (C=O) groups is 1. The molecule has 0 saturated heterocycles. The minimum Gasteiger partial charge on any atom is -1.00 e. The molecular formula is C15H32NNaO2. The molecule has 19 heavy (non-hydrogen) atoms. The van der Waals surface area contributed by atoms with Crippen molar-refractivity contribution in [3.63, 3.8) is 0 Å². The van der Waals surface area contributed by atoms with E-state index in [4.69, 9.17) is 5.11 Å². The average molecular weight is 281 g/mol. The van der Waals surface area contributed by atoms with Crippen LogP contribution in [0.4, 0.5) is 0 Å². The number of unbranched alkanes of at least 4 members (excludes halogenated alkanes) is 9. The molecule has 0 rings (SSSR count). The molecule has 0 spiro atoms. The molecule has 0 aromatic heterocycles. The monoisotopic (exact) mass is 281 g/mol. The summed E-state index contributed by atoms with van der Waals surface area (Å²) in [6, 6.07) is -0.413. The fraction of sp³-hybridized carbons (Fsp3) is 0.933. The molecule has 0 radical (unpaired) electrons.